The molecule has 162 valence electrons. The quantitative estimate of drug-likeness (QED) is 0.392. The molecule has 2 aromatic rings. The number of piperazine rings is 1. The first-order valence-corrected chi connectivity index (χ1v) is 10.7. The summed E-state index contributed by atoms with van der Waals surface area (Å²) in [4.78, 5) is 28.7. The molecule has 0 atom stereocenters. The number of aliphatic hydroxyl groups excluding tert-OH is 1. The highest BCUT2D eigenvalue weighted by Crippen LogP contribution is 2.17. The third-order valence-corrected chi connectivity index (χ3v) is 5.45. The second-order valence-corrected chi connectivity index (χ2v) is 7.61. The van der Waals surface area contributed by atoms with Gasteiger partial charge >= 0.3 is 5.69 Å². The molecule has 0 spiro atoms. The Morgan fingerprint density at radius 1 is 1.07 bits per heavy atom. The number of anilines is 2. The molecule has 29 heavy (non-hydrogen) atoms. The number of hydrogen-bond donors (Lipinski definition) is 4. The van der Waals surface area contributed by atoms with Crippen molar-refractivity contribution in [2.75, 3.05) is 63.5 Å². The molecule has 1 fully saturated rings. The maximum Gasteiger partial charge on any atom is 0.327 e. The molecule has 10 nitrogen and oxygen atoms in total. The highest BCUT2D eigenvalue weighted by Gasteiger charge is 2.16. The number of aliphatic hydroxyl groups is 1. The van der Waals surface area contributed by atoms with E-state index in [-0.39, 0.29) is 12.3 Å². The summed E-state index contributed by atoms with van der Waals surface area (Å²) in [7, 11) is 0. The maximum absolute atomic E-state index is 12.4. The molecule has 0 unspecified atom stereocenters. The predicted molar refractivity (Wildman–Crippen MR) is 115 cm³/mol. The van der Waals surface area contributed by atoms with Crippen LogP contribution in [0, 0.1) is 0 Å². The van der Waals surface area contributed by atoms with Gasteiger partial charge in [0.1, 0.15) is 5.52 Å². The number of hydrogen-bond acceptors (Lipinski definition) is 8. The average molecular weight is 407 g/mol. The Morgan fingerprint density at radius 3 is 2.45 bits per heavy atom. The van der Waals surface area contributed by atoms with Gasteiger partial charge in [0, 0.05) is 45.8 Å². The molecule has 0 bridgehead atoms. The fraction of sp³-hybridized carbons (Fsp3) is 0.737. The van der Waals surface area contributed by atoms with Crippen LogP contribution < -0.4 is 16.7 Å². The number of β-amino-alcohol motifs (C(OH)–C–C–N with tert-alkyl or cyclic N) is 1. The predicted octanol–water partition coefficient (Wildman–Crippen LogP) is 0.304. The van der Waals surface area contributed by atoms with E-state index in [2.05, 4.69) is 37.0 Å². The average Bonchev–Trinajstić information content (AvgIpc) is 3.03. The second kappa shape index (κ2) is 10.6. The Hall–Kier alpha value is -2.17. The zero-order chi connectivity index (χ0) is 20.6. The van der Waals surface area contributed by atoms with Crippen LogP contribution in [0.3, 0.4) is 0 Å². The van der Waals surface area contributed by atoms with Crippen molar-refractivity contribution in [3.8, 4) is 0 Å². The number of nitrogen functional groups attached to an aromatic ring is 1. The molecule has 0 aromatic carbocycles. The third kappa shape index (κ3) is 5.68. The van der Waals surface area contributed by atoms with Crippen molar-refractivity contribution in [1.82, 2.24) is 29.3 Å². The molecule has 5 N–H and O–H groups in total. The zero-order valence-corrected chi connectivity index (χ0v) is 17.4. The highest BCUT2D eigenvalue weighted by molar-refractivity contribution is 5.82. The number of imidazole rings is 1. The molecule has 0 aliphatic carbocycles. The van der Waals surface area contributed by atoms with E-state index < -0.39 is 0 Å². The first-order chi connectivity index (χ1) is 14.1. The summed E-state index contributed by atoms with van der Waals surface area (Å²) in [5.74, 6) is 0.766. The lowest BCUT2D eigenvalue weighted by Gasteiger charge is -2.34. The van der Waals surface area contributed by atoms with E-state index in [0.717, 1.165) is 71.5 Å². The number of aromatic amines is 1. The van der Waals surface area contributed by atoms with E-state index in [0.29, 0.717) is 29.5 Å². The molecule has 0 amide bonds. The summed E-state index contributed by atoms with van der Waals surface area (Å²) < 4.78 is 1.66. The van der Waals surface area contributed by atoms with E-state index in [1.165, 1.54) is 0 Å². The molecule has 0 saturated carbocycles. The minimum atomic E-state index is -0.190. The lowest BCUT2D eigenvalue weighted by Crippen LogP contribution is -2.47. The molecule has 3 rings (SSSR count). The van der Waals surface area contributed by atoms with Crippen molar-refractivity contribution >= 4 is 22.9 Å². The van der Waals surface area contributed by atoms with Crippen LogP contribution >= 0.6 is 0 Å². The number of nitrogens with zero attached hydrogens (tertiary/aromatic N) is 5. The smallest absolute Gasteiger partial charge is 0.327 e. The Kier molecular flexibility index (Phi) is 7.84. The number of fused-ring (bicyclic) bond motifs is 1. The fourth-order valence-corrected chi connectivity index (χ4v) is 3.70. The Balaban J connectivity index is 1.54. The van der Waals surface area contributed by atoms with E-state index in [4.69, 9.17) is 10.8 Å². The topological polar surface area (TPSA) is 128 Å². The van der Waals surface area contributed by atoms with E-state index in [1.54, 1.807) is 4.57 Å². The van der Waals surface area contributed by atoms with Crippen molar-refractivity contribution in [2.45, 2.75) is 39.2 Å². The largest absolute Gasteiger partial charge is 0.395 e. The van der Waals surface area contributed by atoms with Crippen LogP contribution in [-0.2, 0) is 6.54 Å². The van der Waals surface area contributed by atoms with Gasteiger partial charge < -0.3 is 26.0 Å². The van der Waals surface area contributed by atoms with Crippen LogP contribution in [0.25, 0.3) is 11.2 Å². The van der Waals surface area contributed by atoms with Crippen molar-refractivity contribution in [3.63, 3.8) is 0 Å². The van der Waals surface area contributed by atoms with Crippen LogP contribution in [0.5, 0.6) is 0 Å². The van der Waals surface area contributed by atoms with Crippen LogP contribution in [0.1, 0.15) is 32.6 Å². The minimum Gasteiger partial charge on any atom is -0.395 e. The van der Waals surface area contributed by atoms with Crippen LogP contribution in [0.15, 0.2) is 4.79 Å². The van der Waals surface area contributed by atoms with Crippen molar-refractivity contribution in [3.05, 3.63) is 10.5 Å². The van der Waals surface area contributed by atoms with Gasteiger partial charge in [0.25, 0.3) is 0 Å². The van der Waals surface area contributed by atoms with Gasteiger partial charge in [0.05, 0.1) is 6.61 Å². The van der Waals surface area contributed by atoms with Gasteiger partial charge in [-0.15, -0.1) is 0 Å². The van der Waals surface area contributed by atoms with Crippen LogP contribution in [0.4, 0.5) is 11.8 Å². The fourth-order valence-electron chi connectivity index (χ4n) is 3.70. The Bertz CT molecular complexity index is 825. The van der Waals surface area contributed by atoms with Gasteiger partial charge in [0.2, 0.25) is 5.95 Å². The summed E-state index contributed by atoms with van der Waals surface area (Å²) in [5, 5.41) is 12.2. The molecule has 3 heterocycles. The lowest BCUT2D eigenvalue weighted by molar-refractivity contribution is 0.111. The minimum absolute atomic E-state index is 0.190. The number of aromatic nitrogens is 4. The summed E-state index contributed by atoms with van der Waals surface area (Å²) in [6, 6.07) is 0. The van der Waals surface area contributed by atoms with Crippen molar-refractivity contribution in [1.29, 1.82) is 0 Å². The number of rotatable bonds is 11. The molecule has 0 radical (unpaired) electrons. The monoisotopic (exact) mass is 406 g/mol. The Labute approximate surface area is 171 Å². The van der Waals surface area contributed by atoms with Crippen LogP contribution in [0.2, 0.25) is 0 Å². The standard InChI is InChI=1S/C19H34N8O2/c1-2-3-6-21-18-23-16(20)15-17(24-18)27(19(29)22-15)8-5-4-7-25-9-11-26(12-10-25)13-14-28/h28H,2-14H2,1H3,(H,22,29)(H3,20,21,23,24). The lowest BCUT2D eigenvalue weighted by atomic mass is 10.2. The zero-order valence-electron chi connectivity index (χ0n) is 17.4. The molecule has 2 aromatic heterocycles. The summed E-state index contributed by atoms with van der Waals surface area (Å²) >= 11 is 0. The van der Waals surface area contributed by atoms with Gasteiger partial charge in [-0.3, -0.25) is 9.47 Å². The number of nitrogens with two attached hydrogens (primary N) is 1. The van der Waals surface area contributed by atoms with Crippen molar-refractivity contribution < 1.29 is 5.11 Å². The summed E-state index contributed by atoms with van der Waals surface area (Å²) in [6.45, 7) is 9.59. The third-order valence-electron chi connectivity index (χ3n) is 5.45. The molecular formula is C19H34N8O2. The van der Waals surface area contributed by atoms with E-state index in [1.807, 2.05) is 0 Å². The van der Waals surface area contributed by atoms with Crippen LogP contribution in [-0.4, -0.2) is 86.8 Å². The van der Waals surface area contributed by atoms with Gasteiger partial charge in [-0.1, -0.05) is 13.3 Å². The highest BCUT2D eigenvalue weighted by atomic mass is 16.3. The normalized spacial score (nSPS) is 15.9. The number of nitrogens with one attached hydrogen (secondary N) is 2. The molecule has 1 saturated heterocycles. The van der Waals surface area contributed by atoms with Gasteiger partial charge in [-0.25, -0.2) is 4.79 Å². The molecule has 10 heteroatoms. The summed E-state index contributed by atoms with van der Waals surface area (Å²) in [6.07, 6.45) is 4.01. The van der Waals surface area contributed by atoms with E-state index in [9.17, 15) is 4.79 Å². The number of unbranched alkanes of at least 4 members (excludes halogenated alkanes) is 2. The van der Waals surface area contributed by atoms with E-state index >= 15 is 0 Å². The van der Waals surface area contributed by atoms with Gasteiger partial charge in [-0.05, 0) is 25.8 Å². The number of H-pyrrole nitrogens is 1. The first kappa shape index (κ1) is 21.5. The summed E-state index contributed by atoms with van der Waals surface area (Å²) in [5.41, 5.74) is 6.92. The van der Waals surface area contributed by atoms with Gasteiger partial charge in [-0.2, -0.15) is 9.97 Å². The number of aryl methyl sites for hydroxylation is 1. The van der Waals surface area contributed by atoms with Crippen molar-refractivity contribution in [2.24, 2.45) is 0 Å². The maximum atomic E-state index is 12.4. The molecule has 1 aliphatic rings. The second-order valence-electron chi connectivity index (χ2n) is 7.61. The Morgan fingerprint density at radius 2 is 1.76 bits per heavy atom. The van der Waals surface area contributed by atoms with Gasteiger partial charge in [0.15, 0.2) is 11.5 Å². The SMILES string of the molecule is CCCCNc1nc(N)c2[nH]c(=O)n(CCCCN3CCN(CCO)CC3)c2n1. The molecule has 1 aliphatic heterocycles. The molecular weight excluding hydrogens is 372 g/mol. The first-order valence-electron chi connectivity index (χ1n) is 10.7.